The molecule has 0 aliphatic heterocycles. The van der Waals surface area contributed by atoms with E-state index in [1.807, 2.05) is 24.3 Å². The van der Waals surface area contributed by atoms with Gasteiger partial charge in [-0.1, -0.05) is 37.6 Å². The Hall–Kier alpha value is -1.06. The summed E-state index contributed by atoms with van der Waals surface area (Å²) in [5, 5.41) is 3.92. The third-order valence-corrected chi connectivity index (χ3v) is 4.16. The van der Waals surface area contributed by atoms with Gasteiger partial charge in [0.1, 0.15) is 0 Å². The van der Waals surface area contributed by atoms with E-state index in [2.05, 4.69) is 19.2 Å². The fraction of sp³-hybridized carbons (Fsp3) is 0.588. The molecule has 3 nitrogen and oxygen atoms in total. The summed E-state index contributed by atoms with van der Waals surface area (Å²) in [6, 6.07) is 7.79. The zero-order valence-electron chi connectivity index (χ0n) is 12.8. The topological polar surface area (TPSA) is 38.3 Å². The largest absolute Gasteiger partial charge is 0.381 e. The lowest BCUT2D eigenvalue weighted by Crippen LogP contribution is -2.50. The van der Waals surface area contributed by atoms with E-state index in [0.717, 1.165) is 29.8 Å². The number of carbonyl (C=O) groups is 1. The maximum atomic E-state index is 12.1. The van der Waals surface area contributed by atoms with Crippen molar-refractivity contribution in [3.8, 4) is 0 Å². The van der Waals surface area contributed by atoms with Crippen LogP contribution >= 0.6 is 11.6 Å². The lowest BCUT2D eigenvalue weighted by molar-refractivity contribution is -0.125. The van der Waals surface area contributed by atoms with Gasteiger partial charge in [-0.25, -0.2) is 0 Å². The molecule has 116 valence electrons. The molecule has 21 heavy (non-hydrogen) atoms. The van der Waals surface area contributed by atoms with Gasteiger partial charge >= 0.3 is 0 Å². The number of nitrogens with one attached hydrogen (secondary N) is 1. The van der Waals surface area contributed by atoms with Crippen LogP contribution in [0, 0.1) is 5.92 Å². The number of benzene rings is 1. The molecule has 1 N–H and O–H groups in total. The van der Waals surface area contributed by atoms with Gasteiger partial charge in [0.25, 0.3) is 0 Å². The van der Waals surface area contributed by atoms with Crippen molar-refractivity contribution in [3.63, 3.8) is 0 Å². The number of amides is 1. The minimum absolute atomic E-state index is 0.0633. The fourth-order valence-corrected chi connectivity index (χ4v) is 2.72. The van der Waals surface area contributed by atoms with E-state index in [0.29, 0.717) is 25.6 Å². The van der Waals surface area contributed by atoms with Crippen molar-refractivity contribution in [2.24, 2.45) is 5.92 Å². The van der Waals surface area contributed by atoms with Gasteiger partial charge in [-0.15, -0.1) is 0 Å². The van der Waals surface area contributed by atoms with Gasteiger partial charge < -0.3 is 10.1 Å². The van der Waals surface area contributed by atoms with Gasteiger partial charge in [0.15, 0.2) is 0 Å². The van der Waals surface area contributed by atoms with Crippen LogP contribution in [0.5, 0.6) is 0 Å². The molecule has 1 saturated carbocycles. The number of halogens is 1. The molecule has 1 aromatic rings. The molecule has 0 bridgehead atoms. The van der Waals surface area contributed by atoms with Gasteiger partial charge in [0.05, 0.1) is 12.1 Å². The van der Waals surface area contributed by atoms with Crippen LogP contribution in [0.3, 0.4) is 0 Å². The van der Waals surface area contributed by atoms with Crippen molar-refractivity contribution < 1.29 is 9.53 Å². The molecule has 4 heteroatoms. The summed E-state index contributed by atoms with van der Waals surface area (Å²) in [6.45, 7) is 5.39. The molecule has 0 unspecified atom stereocenters. The van der Waals surface area contributed by atoms with Crippen molar-refractivity contribution in [1.29, 1.82) is 0 Å². The van der Waals surface area contributed by atoms with Gasteiger partial charge in [0, 0.05) is 18.1 Å². The average molecular weight is 310 g/mol. The molecule has 0 heterocycles. The lowest BCUT2D eigenvalue weighted by Gasteiger charge is -2.43. The van der Waals surface area contributed by atoms with Gasteiger partial charge in [-0.3, -0.25) is 4.79 Å². The van der Waals surface area contributed by atoms with E-state index in [1.54, 1.807) is 0 Å². The first-order valence-electron chi connectivity index (χ1n) is 7.67. The van der Waals surface area contributed by atoms with E-state index in [4.69, 9.17) is 16.3 Å². The van der Waals surface area contributed by atoms with Crippen LogP contribution in [0.25, 0.3) is 0 Å². The van der Waals surface area contributed by atoms with E-state index in [-0.39, 0.29) is 11.4 Å². The minimum Gasteiger partial charge on any atom is -0.381 e. The zero-order valence-corrected chi connectivity index (χ0v) is 13.6. The highest BCUT2D eigenvalue weighted by atomic mass is 35.5. The van der Waals surface area contributed by atoms with Crippen molar-refractivity contribution in [2.45, 2.75) is 45.1 Å². The van der Waals surface area contributed by atoms with Crippen LogP contribution in [-0.4, -0.2) is 19.1 Å². The van der Waals surface area contributed by atoms with Crippen molar-refractivity contribution >= 4 is 17.5 Å². The van der Waals surface area contributed by atoms with E-state index in [1.165, 1.54) is 0 Å². The minimum atomic E-state index is -0.195. The Morgan fingerprint density at radius 2 is 2.00 bits per heavy atom. The Bertz CT molecular complexity index is 466. The Morgan fingerprint density at radius 1 is 1.33 bits per heavy atom. The third-order valence-electron chi connectivity index (χ3n) is 3.91. The van der Waals surface area contributed by atoms with Crippen LogP contribution in [0.2, 0.25) is 5.02 Å². The van der Waals surface area contributed by atoms with Gasteiger partial charge in [-0.2, -0.15) is 0 Å². The molecule has 1 fully saturated rings. The first-order chi connectivity index (χ1) is 10.0. The summed E-state index contributed by atoms with van der Waals surface area (Å²) in [7, 11) is 0. The normalized spacial score (nSPS) is 16.6. The monoisotopic (exact) mass is 309 g/mol. The number of hydrogen-bond donors (Lipinski definition) is 1. The average Bonchev–Trinajstić information content (AvgIpc) is 2.40. The first-order valence-corrected chi connectivity index (χ1v) is 8.04. The van der Waals surface area contributed by atoms with E-state index in [9.17, 15) is 4.79 Å². The molecular weight excluding hydrogens is 286 g/mol. The molecule has 1 amide bonds. The quantitative estimate of drug-likeness (QED) is 0.776. The van der Waals surface area contributed by atoms with Gasteiger partial charge in [-0.05, 0) is 42.9 Å². The van der Waals surface area contributed by atoms with Crippen LogP contribution in [-0.2, 0) is 15.1 Å². The molecule has 0 atom stereocenters. The highest BCUT2D eigenvalue weighted by Gasteiger charge is 2.39. The molecule has 1 aliphatic rings. The van der Waals surface area contributed by atoms with Crippen molar-refractivity contribution in [3.05, 3.63) is 34.9 Å². The Morgan fingerprint density at radius 3 is 2.52 bits per heavy atom. The summed E-state index contributed by atoms with van der Waals surface area (Å²) < 4.78 is 5.48. The van der Waals surface area contributed by atoms with Crippen LogP contribution < -0.4 is 5.32 Å². The predicted molar refractivity (Wildman–Crippen MR) is 85.4 cm³/mol. The number of carbonyl (C=O) groups excluding carboxylic acids is 1. The van der Waals surface area contributed by atoms with Crippen LogP contribution in [0.15, 0.2) is 24.3 Å². The van der Waals surface area contributed by atoms with Crippen LogP contribution in [0.1, 0.15) is 45.1 Å². The molecule has 0 spiro atoms. The summed E-state index contributed by atoms with van der Waals surface area (Å²) in [4.78, 5) is 12.1. The number of hydrogen-bond acceptors (Lipinski definition) is 2. The number of rotatable bonds is 7. The summed E-state index contributed by atoms with van der Waals surface area (Å²) >= 11 is 5.93. The number of ether oxygens (including phenoxy) is 1. The summed E-state index contributed by atoms with van der Waals surface area (Å²) in [5.74, 6) is 0.563. The molecule has 0 saturated heterocycles. The van der Waals surface area contributed by atoms with E-state index >= 15 is 0 Å². The highest BCUT2D eigenvalue weighted by Crippen LogP contribution is 2.41. The maximum absolute atomic E-state index is 12.1. The SMILES string of the molecule is CC(C)COCCC(=O)NC1(c2ccc(Cl)cc2)CCC1. The second kappa shape index (κ2) is 7.28. The summed E-state index contributed by atoms with van der Waals surface area (Å²) in [6.07, 6.45) is 3.55. The van der Waals surface area contributed by atoms with Gasteiger partial charge in [0.2, 0.25) is 5.91 Å². The fourth-order valence-electron chi connectivity index (χ4n) is 2.60. The Kier molecular flexibility index (Phi) is 5.65. The lowest BCUT2D eigenvalue weighted by atomic mass is 9.71. The molecule has 0 aromatic heterocycles. The smallest absolute Gasteiger partial charge is 0.223 e. The third kappa shape index (κ3) is 4.45. The Balaban J connectivity index is 1.87. The first kappa shape index (κ1) is 16.3. The predicted octanol–water partition coefficient (Wildman–Crippen LogP) is 3.90. The standard InChI is InChI=1S/C17H24ClNO2/c1-13(2)12-21-11-8-16(20)19-17(9-3-10-17)14-4-6-15(18)7-5-14/h4-7,13H,3,8-12H2,1-2H3,(H,19,20). The molecule has 0 radical (unpaired) electrons. The van der Waals surface area contributed by atoms with Crippen molar-refractivity contribution in [1.82, 2.24) is 5.32 Å². The highest BCUT2D eigenvalue weighted by molar-refractivity contribution is 6.30. The van der Waals surface area contributed by atoms with Crippen LogP contribution in [0.4, 0.5) is 0 Å². The van der Waals surface area contributed by atoms with Crippen molar-refractivity contribution in [2.75, 3.05) is 13.2 Å². The molecule has 1 aliphatic carbocycles. The zero-order chi connectivity index (χ0) is 15.3. The molecule has 2 rings (SSSR count). The maximum Gasteiger partial charge on any atom is 0.223 e. The second-order valence-corrected chi connectivity index (χ2v) is 6.65. The molecular formula is C17H24ClNO2. The summed E-state index contributed by atoms with van der Waals surface area (Å²) in [5.41, 5.74) is 0.953. The second-order valence-electron chi connectivity index (χ2n) is 6.21. The Labute approximate surface area is 132 Å². The molecule has 1 aromatic carbocycles. The van der Waals surface area contributed by atoms with E-state index < -0.39 is 0 Å².